The van der Waals surface area contributed by atoms with Crippen molar-refractivity contribution in [2.75, 3.05) is 6.61 Å². The zero-order valence-corrected chi connectivity index (χ0v) is 13.8. The number of rotatable bonds is 5. The predicted molar refractivity (Wildman–Crippen MR) is 88.2 cm³/mol. The summed E-state index contributed by atoms with van der Waals surface area (Å²) in [6.45, 7) is 3.42. The topological polar surface area (TPSA) is 114 Å². The number of nitrogens with zero attached hydrogens (tertiary/aromatic N) is 4. The fourth-order valence-electron chi connectivity index (χ4n) is 2.54. The molecule has 0 aliphatic carbocycles. The number of nitriles is 1. The first-order valence-electron chi connectivity index (χ1n) is 7.64. The molecule has 0 aliphatic rings. The van der Waals surface area contributed by atoms with Gasteiger partial charge in [0.25, 0.3) is 5.56 Å². The Hall–Kier alpha value is -3.18. The molecular formula is C17H16N4O4. The molecule has 8 nitrogen and oxygen atoms in total. The fraction of sp³-hybridized carbons (Fsp3) is 0.294. The van der Waals surface area contributed by atoms with Crippen LogP contribution in [0.25, 0.3) is 10.9 Å². The Morgan fingerprint density at radius 3 is 2.76 bits per heavy atom. The molecule has 2 aromatic heterocycles. The molecule has 2 heterocycles. The molecule has 1 unspecified atom stereocenters. The third kappa shape index (κ3) is 3.36. The van der Waals surface area contributed by atoms with Crippen LogP contribution < -0.4 is 10.3 Å². The van der Waals surface area contributed by atoms with Crippen molar-refractivity contribution < 1.29 is 14.4 Å². The van der Waals surface area contributed by atoms with Gasteiger partial charge in [0.1, 0.15) is 24.2 Å². The average Bonchev–Trinajstić information content (AvgIpc) is 3.00. The maximum Gasteiger partial charge on any atom is 0.296 e. The minimum absolute atomic E-state index is 0.0189. The lowest BCUT2D eigenvalue weighted by Gasteiger charge is -2.13. The molecule has 0 radical (unpaired) electrons. The summed E-state index contributed by atoms with van der Waals surface area (Å²) >= 11 is 0. The van der Waals surface area contributed by atoms with E-state index >= 15 is 0 Å². The summed E-state index contributed by atoms with van der Waals surface area (Å²) in [5.74, 6) is 1.06. The lowest BCUT2D eigenvalue weighted by molar-refractivity contribution is 0.0880. The molecule has 25 heavy (non-hydrogen) atoms. The van der Waals surface area contributed by atoms with Crippen molar-refractivity contribution in [1.82, 2.24) is 14.9 Å². The molecule has 3 rings (SSSR count). The lowest BCUT2D eigenvalue weighted by Crippen LogP contribution is -2.32. The van der Waals surface area contributed by atoms with E-state index in [4.69, 9.17) is 14.5 Å². The van der Waals surface area contributed by atoms with Crippen LogP contribution in [0.1, 0.15) is 17.0 Å². The number of hydrogen-bond acceptors (Lipinski definition) is 7. The first-order chi connectivity index (χ1) is 12.0. The molecule has 0 bridgehead atoms. The second kappa shape index (κ2) is 6.75. The monoisotopic (exact) mass is 340 g/mol. The van der Waals surface area contributed by atoms with E-state index in [-0.39, 0.29) is 18.7 Å². The van der Waals surface area contributed by atoms with Gasteiger partial charge in [-0.15, -0.1) is 0 Å². The van der Waals surface area contributed by atoms with Gasteiger partial charge < -0.3 is 14.4 Å². The Morgan fingerprint density at radius 1 is 1.36 bits per heavy atom. The maximum absolute atomic E-state index is 12.4. The van der Waals surface area contributed by atoms with Gasteiger partial charge in [-0.05, 0) is 38.1 Å². The van der Waals surface area contributed by atoms with Crippen LogP contribution in [0.4, 0.5) is 0 Å². The largest absolute Gasteiger partial charge is 0.491 e. The number of aromatic nitrogens is 3. The molecule has 1 aromatic carbocycles. The molecule has 0 spiro atoms. The minimum Gasteiger partial charge on any atom is -0.491 e. The van der Waals surface area contributed by atoms with Gasteiger partial charge in [0.2, 0.25) is 0 Å². The Balaban J connectivity index is 1.71. The maximum atomic E-state index is 12.4. The molecule has 0 amide bonds. The first-order valence-corrected chi connectivity index (χ1v) is 7.64. The van der Waals surface area contributed by atoms with Crippen LogP contribution in [0, 0.1) is 25.2 Å². The lowest BCUT2D eigenvalue weighted by atomic mass is 10.2. The van der Waals surface area contributed by atoms with Gasteiger partial charge in [0.05, 0.1) is 29.3 Å². The number of aliphatic hydroxyl groups is 1. The van der Waals surface area contributed by atoms with Crippen LogP contribution in [0.5, 0.6) is 5.75 Å². The van der Waals surface area contributed by atoms with Crippen molar-refractivity contribution in [3.05, 3.63) is 51.6 Å². The van der Waals surface area contributed by atoms with Crippen molar-refractivity contribution >= 4 is 10.9 Å². The van der Waals surface area contributed by atoms with Gasteiger partial charge in [0, 0.05) is 0 Å². The average molecular weight is 340 g/mol. The molecule has 0 saturated heterocycles. The smallest absolute Gasteiger partial charge is 0.296 e. The molecule has 128 valence electrons. The zero-order chi connectivity index (χ0) is 18.0. The highest BCUT2D eigenvalue weighted by molar-refractivity contribution is 5.81. The van der Waals surface area contributed by atoms with Crippen molar-refractivity contribution in [2.24, 2.45) is 0 Å². The van der Waals surface area contributed by atoms with E-state index in [1.165, 1.54) is 0 Å². The number of benzene rings is 1. The van der Waals surface area contributed by atoms with Gasteiger partial charge in [-0.2, -0.15) is 10.4 Å². The van der Waals surface area contributed by atoms with Gasteiger partial charge in [-0.25, -0.2) is 4.68 Å². The highest BCUT2D eigenvalue weighted by Gasteiger charge is 2.17. The van der Waals surface area contributed by atoms with E-state index in [0.717, 1.165) is 4.68 Å². The molecular weight excluding hydrogens is 324 g/mol. The number of aliphatic hydroxyl groups excluding tert-OH is 1. The minimum atomic E-state index is -0.939. The van der Waals surface area contributed by atoms with Crippen LogP contribution in [0.15, 0.2) is 33.6 Å². The summed E-state index contributed by atoms with van der Waals surface area (Å²) in [6, 6.07) is 8.55. The molecule has 0 fully saturated rings. The van der Waals surface area contributed by atoms with Gasteiger partial charge in [-0.1, -0.05) is 5.16 Å². The van der Waals surface area contributed by atoms with E-state index < -0.39 is 11.7 Å². The van der Waals surface area contributed by atoms with E-state index in [1.807, 2.05) is 6.07 Å². The number of hydrogen-bond donors (Lipinski definition) is 1. The first kappa shape index (κ1) is 16.7. The van der Waals surface area contributed by atoms with Crippen LogP contribution >= 0.6 is 0 Å². The Morgan fingerprint density at radius 2 is 2.08 bits per heavy atom. The molecule has 3 aromatic rings. The molecule has 1 atom stereocenters. The van der Waals surface area contributed by atoms with Crippen molar-refractivity contribution in [1.29, 1.82) is 5.26 Å². The van der Waals surface area contributed by atoms with E-state index in [2.05, 4.69) is 10.3 Å². The molecule has 8 heteroatoms. The second-order valence-corrected chi connectivity index (χ2v) is 5.64. The van der Waals surface area contributed by atoms with Gasteiger partial charge in [0.15, 0.2) is 5.52 Å². The highest BCUT2D eigenvalue weighted by Crippen LogP contribution is 2.16. The van der Waals surface area contributed by atoms with Crippen molar-refractivity contribution in [3.63, 3.8) is 0 Å². The summed E-state index contributed by atoms with van der Waals surface area (Å²) in [7, 11) is 0. The van der Waals surface area contributed by atoms with Crippen molar-refractivity contribution in [3.8, 4) is 11.8 Å². The Labute approximate surface area is 142 Å². The normalized spacial score (nSPS) is 12.1. The summed E-state index contributed by atoms with van der Waals surface area (Å²) in [5, 5.41) is 27.5. The van der Waals surface area contributed by atoms with Crippen molar-refractivity contribution in [2.45, 2.75) is 26.5 Å². The standard InChI is InChI=1S/C17H16N4O4/c1-10-15-11(2)25-20-16(15)17(23)21(19-10)8-13(22)9-24-14-5-3-12(7-18)4-6-14/h3-6,13,22H,8-9H2,1-2H3. The summed E-state index contributed by atoms with van der Waals surface area (Å²) in [6.07, 6.45) is -0.939. The number of aryl methyl sites for hydroxylation is 2. The van der Waals surface area contributed by atoms with Gasteiger partial charge in [-0.3, -0.25) is 4.79 Å². The fourth-order valence-corrected chi connectivity index (χ4v) is 2.54. The predicted octanol–water partition coefficient (Wildman–Crippen LogP) is 1.31. The Bertz CT molecular complexity index is 998. The quantitative estimate of drug-likeness (QED) is 0.744. The number of ether oxygens (including phenoxy) is 1. The Kier molecular flexibility index (Phi) is 4.50. The summed E-state index contributed by atoms with van der Waals surface area (Å²) in [4.78, 5) is 12.4. The van der Waals surface area contributed by atoms with E-state index in [9.17, 15) is 9.90 Å². The number of fused-ring (bicyclic) bond motifs is 1. The third-order valence-corrected chi connectivity index (χ3v) is 3.74. The van der Waals surface area contributed by atoms with Crippen LogP contribution in [0.2, 0.25) is 0 Å². The molecule has 1 N–H and O–H groups in total. The molecule has 0 saturated carbocycles. The second-order valence-electron chi connectivity index (χ2n) is 5.64. The molecule has 0 aliphatic heterocycles. The van der Waals surface area contributed by atoms with E-state index in [1.54, 1.807) is 38.1 Å². The van der Waals surface area contributed by atoms with E-state index in [0.29, 0.717) is 28.2 Å². The summed E-state index contributed by atoms with van der Waals surface area (Å²) in [5.41, 5.74) is 0.906. The van der Waals surface area contributed by atoms with Gasteiger partial charge >= 0.3 is 0 Å². The highest BCUT2D eigenvalue weighted by atomic mass is 16.5. The third-order valence-electron chi connectivity index (χ3n) is 3.74. The SMILES string of the molecule is Cc1nn(CC(O)COc2ccc(C#N)cc2)c(=O)c2noc(C)c12. The van der Waals surface area contributed by atoms with Crippen LogP contribution in [0.3, 0.4) is 0 Å². The zero-order valence-electron chi connectivity index (χ0n) is 13.8. The van der Waals surface area contributed by atoms with Crippen LogP contribution in [-0.2, 0) is 6.54 Å². The van der Waals surface area contributed by atoms with Crippen LogP contribution in [-0.4, -0.2) is 32.8 Å². The summed E-state index contributed by atoms with van der Waals surface area (Å²) < 4.78 is 11.7.